The van der Waals surface area contributed by atoms with Crippen LogP contribution in [0.2, 0.25) is 0 Å². The van der Waals surface area contributed by atoms with Crippen LogP contribution in [0.15, 0.2) is 47.5 Å². The molecule has 7 nitrogen and oxygen atoms in total. The van der Waals surface area contributed by atoms with Crippen molar-refractivity contribution in [1.29, 1.82) is 0 Å². The van der Waals surface area contributed by atoms with Crippen molar-refractivity contribution < 1.29 is 9.53 Å². The van der Waals surface area contributed by atoms with E-state index in [4.69, 9.17) is 9.73 Å². The average molecular weight is 426 g/mol. The third-order valence-corrected chi connectivity index (χ3v) is 4.76. The number of methoxy groups -OCH3 is 1. The molecule has 0 unspecified atom stereocenters. The van der Waals surface area contributed by atoms with Gasteiger partial charge in [0.05, 0.1) is 19.3 Å². The number of carbonyl (C=O) groups excluding carboxylic acids is 1. The van der Waals surface area contributed by atoms with Crippen molar-refractivity contribution >= 4 is 23.2 Å². The summed E-state index contributed by atoms with van der Waals surface area (Å²) >= 11 is 0. The quantitative estimate of drug-likeness (QED) is 0.401. The number of likely N-dealkylation sites (N-methyl/N-ethyl adjacent to an activating group) is 1. The highest BCUT2D eigenvalue weighted by Gasteiger charge is 2.07. The van der Waals surface area contributed by atoms with E-state index in [1.807, 2.05) is 25.1 Å². The summed E-state index contributed by atoms with van der Waals surface area (Å²) in [6.07, 6.45) is 0. The second-order valence-electron chi connectivity index (χ2n) is 7.26. The summed E-state index contributed by atoms with van der Waals surface area (Å²) in [7, 11) is 1.59. The predicted molar refractivity (Wildman–Crippen MR) is 129 cm³/mol. The molecule has 0 fully saturated rings. The molecule has 0 saturated heterocycles. The number of benzene rings is 2. The van der Waals surface area contributed by atoms with Crippen molar-refractivity contribution in [2.24, 2.45) is 4.99 Å². The standard InChI is InChI=1S/C24H35N5O2/c1-6-25-24(26-13-14-29(7-2)21-10-8-9-18(3)15-21)27-17-20-11-12-23(31-5)22(16-20)28-19(4)30/h8-12,15-16H,6-7,13-14,17H2,1-5H3,(H,28,30)(H2,25,26,27). The van der Waals surface area contributed by atoms with E-state index in [0.717, 1.165) is 37.7 Å². The molecule has 0 aliphatic heterocycles. The molecule has 0 radical (unpaired) electrons. The topological polar surface area (TPSA) is 78.0 Å². The molecule has 0 aromatic heterocycles. The van der Waals surface area contributed by atoms with Gasteiger partial charge in [-0.3, -0.25) is 4.79 Å². The van der Waals surface area contributed by atoms with Crippen molar-refractivity contribution in [2.75, 3.05) is 43.5 Å². The zero-order valence-corrected chi connectivity index (χ0v) is 19.3. The van der Waals surface area contributed by atoms with Gasteiger partial charge in [0.25, 0.3) is 0 Å². The Morgan fingerprint density at radius 1 is 1.13 bits per heavy atom. The Morgan fingerprint density at radius 2 is 1.94 bits per heavy atom. The molecule has 3 N–H and O–H groups in total. The summed E-state index contributed by atoms with van der Waals surface area (Å²) in [4.78, 5) is 18.5. The number of aliphatic imine (C=N–C) groups is 1. The summed E-state index contributed by atoms with van der Waals surface area (Å²) in [5.41, 5.74) is 4.13. The lowest BCUT2D eigenvalue weighted by Gasteiger charge is -2.24. The van der Waals surface area contributed by atoms with Crippen molar-refractivity contribution in [3.05, 3.63) is 53.6 Å². The first-order valence-electron chi connectivity index (χ1n) is 10.7. The fourth-order valence-electron chi connectivity index (χ4n) is 3.26. The molecule has 0 aliphatic rings. The van der Waals surface area contributed by atoms with E-state index in [-0.39, 0.29) is 5.91 Å². The summed E-state index contributed by atoms with van der Waals surface area (Å²) in [6.45, 7) is 11.7. The molecule has 0 bridgehead atoms. The van der Waals surface area contributed by atoms with Crippen LogP contribution in [0.4, 0.5) is 11.4 Å². The van der Waals surface area contributed by atoms with Gasteiger partial charge in [-0.1, -0.05) is 18.2 Å². The van der Waals surface area contributed by atoms with E-state index < -0.39 is 0 Å². The number of nitrogens with zero attached hydrogens (tertiary/aromatic N) is 2. The van der Waals surface area contributed by atoms with Gasteiger partial charge in [-0.25, -0.2) is 4.99 Å². The lowest BCUT2D eigenvalue weighted by atomic mass is 10.2. The van der Waals surface area contributed by atoms with Crippen LogP contribution in [0.1, 0.15) is 31.9 Å². The molecule has 0 atom stereocenters. The van der Waals surface area contributed by atoms with E-state index in [2.05, 4.69) is 59.0 Å². The third-order valence-electron chi connectivity index (χ3n) is 4.76. The first-order valence-corrected chi connectivity index (χ1v) is 10.7. The molecule has 0 saturated carbocycles. The summed E-state index contributed by atoms with van der Waals surface area (Å²) in [5.74, 6) is 1.26. The van der Waals surface area contributed by atoms with Gasteiger partial charge < -0.3 is 25.6 Å². The molecule has 0 spiro atoms. The normalized spacial score (nSPS) is 11.1. The number of anilines is 2. The second-order valence-corrected chi connectivity index (χ2v) is 7.26. The van der Waals surface area contributed by atoms with Gasteiger partial charge in [-0.05, 0) is 56.2 Å². The smallest absolute Gasteiger partial charge is 0.221 e. The summed E-state index contributed by atoms with van der Waals surface area (Å²) in [6, 6.07) is 14.2. The highest BCUT2D eigenvalue weighted by atomic mass is 16.5. The van der Waals surface area contributed by atoms with Crippen molar-refractivity contribution in [3.8, 4) is 5.75 Å². The number of aryl methyl sites for hydroxylation is 1. The van der Waals surface area contributed by atoms with Gasteiger partial charge in [-0.2, -0.15) is 0 Å². The summed E-state index contributed by atoms with van der Waals surface area (Å²) < 4.78 is 5.32. The molecule has 2 aromatic carbocycles. The number of carbonyl (C=O) groups is 1. The van der Waals surface area contributed by atoms with Crippen LogP contribution in [0.25, 0.3) is 0 Å². The molecular weight excluding hydrogens is 390 g/mol. The minimum Gasteiger partial charge on any atom is -0.495 e. The van der Waals surface area contributed by atoms with Gasteiger partial charge in [0, 0.05) is 38.8 Å². The minimum absolute atomic E-state index is 0.136. The number of hydrogen-bond donors (Lipinski definition) is 3. The molecule has 168 valence electrons. The zero-order valence-electron chi connectivity index (χ0n) is 19.3. The monoisotopic (exact) mass is 425 g/mol. The molecule has 1 amide bonds. The van der Waals surface area contributed by atoms with Crippen molar-refractivity contribution in [1.82, 2.24) is 10.6 Å². The number of guanidine groups is 1. The first kappa shape index (κ1) is 24.1. The average Bonchev–Trinajstić information content (AvgIpc) is 2.74. The molecule has 7 heteroatoms. The largest absolute Gasteiger partial charge is 0.495 e. The van der Waals surface area contributed by atoms with E-state index >= 15 is 0 Å². The molecule has 0 heterocycles. The van der Waals surface area contributed by atoms with Crippen LogP contribution in [0.3, 0.4) is 0 Å². The SMILES string of the molecule is CCNC(=NCc1ccc(OC)c(NC(C)=O)c1)NCCN(CC)c1cccc(C)c1. The fraction of sp³-hybridized carbons (Fsp3) is 0.417. The number of nitrogens with one attached hydrogen (secondary N) is 3. The Kier molecular flexibility index (Phi) is 9.68. The maximum atomic E-state index is 11.4. The van der Waals surface area contributed by atoms with E-state index in [9.17, 15) is 4.79 Å². The molecule has 2 rings (SSSR count). The summed E-state index contributed by atoms with van der Waals surface area (Å²) in [5, 5.41) is 9.50. The van der Waals surface area contributed by atoms with E-state index in [0.29, 0.717) is 18.0 Å². The number of hydrogen-bond acceptors (Lipinski definition) is 4. The number of rotatable bonds is 10. The van der Waals surface area contributed by atoms with Crippen LogP contribution < -0.4 is 25.6 Å². The molecule has 0 aliphatic carbocycles. The van der Waals surface area contributed by atoms with E-state index in [1.54, 1.807) is 7.11 Å². The highest BCUT2D eigenvalue weighted by Crippen LogP contribution is 2.25. The molecule has 2 aromatic rings. The van der Waals surface area contributed by atoms with Crippen LogP contribution >= 0.6 is 0 Å². The maximum Gasteiger partial charge on any atom is 0.221 e. The predicted octanol–water partition coefficient (Wildman–Crippen LogP) is 3.54. The minimum atomic E-state index is -0.136. The Labute approximate surface area is 185 Å². The molecule has 31 heavy (non-hydrogen) atoms. The van der Waals surface area contributed by atoms with Gasteiger partial charge >= 0.3 is 0 Å². The Hall–Kier alpha value is -3.22. The fourth-order valence-corrected chi connectivity index (χ4v) is 3.26. The van der Waals surface area contributed by atoms with Crippen molar-refractivity contribution in [3.63, 3.8) is 0 Å². The maximum absolute atomic E-state index is 11.4. The third kappa shape index (κ3) is 7.85. The Bertz CT molecular complexity index is 882. The Balaban J connectivity index is 2.00. The Morgan fingerprint density at radius 3 is 2.58 bits per heavy atom. The second kappa shape index (κ2) is 12.5. The lowest BCUT2D eigenvalue weighted by molar-refractivity contribution is -0.114. The number of amides is 1. The van der Waals surface area contributed by atoms with Gasteiger partial charge in [0.15, 0.2) is 5.96 Å². The zero-order chi connectivity index (χ0) is 22.6. The van der Waals surface area contributed by atoms with Gasteiger partial charge in [-0.15, -0.1) is 0 Å². The molecular formula is C24H35N5O2. The van der Waals surface area contributed by atoms with Crippen LogP contribution in [0.5, 0.6) is 5.75 Å². The van der Waals surface area contributed by atoms with Gasteiger partial charge in [0.1, 0.15) is 5.75 Å². The first-order chi connectivity index (χ1) is 15.0. The van der Waals surface area contributed by atoms with Crippen LogP contribution in [0, 0.1) is 6.92 Å². The van der Waals surface area contributed by atoms with Gasteiger partial charge in [0.2, 0.25) is 5.91 Å². The van der Waals surface area contributed by atoms with Crippen molar-refractivity contribution in [2.45, 2.75) is 34.2 Å². The van der Waals surface area contributed by atoms with Crippen LogP contribution in [-0.4, -0.2) is 45.2 Å². The highest BCUT2D eigenvalue weighted by molar-refractivity contribution is 5.90. The lowest BCUT2D eigenvalue weighted by Crippen LogP contribution is -2.41. The van der Waals surface area contributed by atoms with E-state index in [1.165, 1.54) is 18.2 Å². The van der Waals surface area contributed by atoms with Crippen LogP contribution in [-0.2, 0) is 11.3 Å². The number of ether oxygens (including phenoxy) is 1.